The monoisotopic (exact) mass is 320 g/mol. The largest absolute Gasteiger partial charge is 0.358 e. The van der Waals surface area contributed by atoms with Crippen LogP contribution in [0, 0.1) is 16.0 Å². The molecular formula is C15H20N4O2S. The van der Waals surface area contributed by atoms with Crippen LogP contribution in [-0.2, 0) is 0 Å². The molecule has 1 fully saturated rings. The summed E-state index contributed by atoms with van der Waals surface area (Å²) in [6.07, 6.45) is 6.21. The van der Waals surface area contributed by atoms with E-state index in [0.717, 1.165) is 6.42 Å². The van der Waals surface area contributed by atoms with E-state index in [1.165, 1.54) is 31.5 Å². The second-order valence-electron chi connectivity index (χ2n) is 5.53. The summed E-state index contributed by atoms with van der Waals surface area (Å²) < 4.78 is 0. The average molecular weight is 320 g/mol. The summed E-state index contributed by atoms with van der Waals surface area (Å²) in [4.78, 5) is 10.5. The van der Waals surface area contributed by atoms with Crippen molar-refractivity contribution in [2.45, 2.75) is 38.6 Å². The van der Waals surface area contributed by atoms with E-state index in [-0.39, 0.29) is 5.69 Å². The molecule has 1 aliphatic rings. The van der Waals surface area contributed by atoms with Crippen molar-refractivity contribution in [2.75, 3.05) is 0 Å². The summed E-state index contributed by atoms with van der Waals surface area (Å²) >= 11 is 5.22. The second kappa shape index (κ2) is 7.84. The van der Waals surface area contributed by atoms with E-state index < -0.39 is 4.92 Å². The Labute approximate surface area is 135 Å². The van der Waals surface area contributed by atoms with Gasteiger partial charge in [-0.3, -0.25) is 15.5 Å². The van der Waals surface area contributed by atoms with E-state index in [1.807, 2.05) is 0 Å². The molecule has 2 N–H and O–H groups in total. The highest BCUT2D eigenvalue weighted by molar-refractivity contribution is 7.80. The zero-order valence-corrected chi connectivity index (χ0v) is 13.3. The molecule has 7 heteroatoms. The third-order valence-corrected chi connectivity index (χ3v) is 4.14. The Balaban J connectivity index is 1.89. The van der Waals surface area contributed by atoms with Crippen LogP contribution in [0.25, 0.3) is 0 Å². The van der Waals surface area contributed by atoms with Crippen LogP contribution >= 0.6 is 12.2 Å². The van der Waals surface area contributed by atoms with Crippen LogP contribution in [0.2, 0.25) is 0 Å². The standard InChI is InChI=1S/C15H20N4O2S/c1-11-6-2-4-8-13(11)17-15(22)18-16-10-12-7-3-5-9-14(12)19(20)21/h3,5,7,9-11,13H,2,4,6,8H2,1H3,(H2,17,18,22)/b16-10-/t11-,13-/m0/s1. The van der Waals surface area contributed by atoms with Gasteiger partial charge < -0.3 is 5.32 Å². The molecule has 0 spiro atoms. The molecule has 0 saturated heterocycles. The van der Waals surface area contributed by atoms with Crippen molar-refractivity contribution in [3.8, 4) is 0 Å². The van der Waals surface area contributed by atoms with Crippen LogP contribution in [0.5, 0.6) is 0 Å². The first-order valence-electron chi connectivity index (χ1n) is 7.41. The number of nitrogens with zero attached hydrogens (tertiary/aromatic N) is 2. The minimum absolute atomic E-state index is 0.0211. The first-order valence-corrected chi connectivity index (χ1v) is 7.81. The molecule has 2 rings (SSSR count). The third-order valence-electron chi connectivity index (χ3n) is 3.93. The molecule has 118 valence electrons. The molecule has 1 aromatic rings. The minimum Gasteiger partial charge on any atom is -0.358 e. The molecule has 0 amide bonds. The Morgan fingerprint density at radius 1 is 1.41 bits per heavy atom. The number of nitrogens with one attached hydrogen (secondary N) is 2. The lowest BCUT2D eigenvalue weighted by molar-refractivity contribution is -0.385. The van der Waals surface area contributed by atoms with Gasteiger partial charge in [-0.2, -0.15) is 5.10 Å². The van der Waals surface area contributed by atoms with Crippen LogP contribution < -0.4 is 10.7 Å². The van der Waals surface area contributed by atoms with Crippen LogP contribution in [0.4, 0.5) is 5.69 Å². The van der Waals surface area contributed by atoms with E-state index in [0.29, 0.717) is 22.6 Å². The van der Waals surface area contributed by atoms with Crippen LogP contribution in [0.15, 0.2) is 29.4 Å². The molecule has 6 nitrogen and oxygen atoms in total. The summed E-state index contributed by atoms with van der Waals surface area (Å²) in [5, 5.41) is 18.6. The predicted octanol–water partition coefficient (Wildman–Crippen LogP) is 2.97. The summed E-state index contributed by atoms with van der Waals surface area (Å²) in [6, 6.07) is 6.81. The molecule has 0 radical (unpaired) electrons. The van der Waals surface area contributed by atoms with Gasteiger partial charge in [-0.25, -0.2) is 0 Å². The van der Waals surface area contributed by atoms with E-state index in [4.69, 9.17) is 12.2 Å². The fourth-order valence-corrected chi connectivity index (χ4v) is 2.86. The molecule has 0 heterocycles. The van der Waals surface area contributed by atoms with Gasteiger partial charge in [0.25, 0.3) is 5.69 Å². The van der Waals surface area contributed by atoms with Gasteiger partial charge >= 0.3 is 0 Å². The Kier molecular flexibility index (Phi) is 5.83. The van der Waals surface area contributed by atoms with Gasteiger partial charge in [0.05, 0.1) is 16.7 Å². The van der Waals surface area contributed by atoms with Crippen molar-refractivity contribution in [1.29, 1.82) is 0 Å². The smallest absolute Gasteiger partial charge is 0.278 e. The van der Waals surface area contributed by atoms with Crippen molar-refractivity contribution in [3.63, 3.8) is 0 Å². The molecule has 0 aliphatic heterocycles. The maximum Gasteiger partial charge on any atom is 0.278 e. The van der Waals surface area contributed by atoms with E-state index >= 15 is 0 Å². The fourth-order valence-electron chi connectivity index (χ4n) is 2.65. The number of hydrogen-bond donors (Lipinski definition) is 2. The Bertz CT molecular complexity index is 576. The van der Waals surface area contributed by atoms with E-state index in [2.05, 4.69) is 22.8 Å². The van der Waals surface area contributed by atoms with E-state index in [1.54, 1.807) is 18.2 Å². The molecule has 0 bridgehead atoms. The van der Waals surface area contributed by atoms with Crippen molar-refractivity contribution in [3.05, 3.63) is 39.9 Å². The van der Waals surface area contributed by atoms with E-state index in [9.17, 15) is 10.1 Å². The lowest BCUT2D eigenvalue weighted by atomic mass is 9.86. The van der Waals surface area contributed by atoms with Gasteiger partial charge in [-0.1, -0.05) is 31.9 Å². The quantitative estimate of drug-likeness (QED) is 0.386. The van der Waals surface area contributed by atoms with Gasteiger partial charge in [-0.15, -0.1) is 0 Å². The number of rotatable bonds is 4. The maximum atomic E-state index is 10.9. The van der Waals surface area contributed by atoms with Crippen LogP contribution in [0.1, 0.15) is 38.2 Å². The first kappa shape index (κ1) is 16.4. The number of hydrazone groups is 1. The highest BCUT2D eigenvalue weighted by Crippen LogP contribution is 2.23. The summed E-state index contributed by atoms with van der Waals surface area (Å²) in [5.74, 6) is 0.590. The van der Waals surface area contributed by atoms with Crippen LogP contribution in [-0.4, -0.2) is 22.3 Å². The molecule has 1 aromatic carbocycles. The molecule has 1 aliphatic carbocycles. The van der Waals surface area contributed by atoms with Crippen molar-refractivity contribution in [1.82, 2.24) is 10.7 Å². The first-order chi connectivity index (χ1) is 10.6. The second-order valence-corrected chi connectivity index (χ2v) is 5.94. The summed E-state index contributed by atoms with van der Waals surface area (Å²) in [6.45, 7) is 2.22. The molecule has 22 heavy (non-hydrogen) atoms. The lowest BCUT2D eigenvalue weighted by Crippen LogP contribution is -2.44. The fraction of sp³-hybridized carbons (Fsp3) is 0.467. The van der Waals surface area contributed by atoms with Gasteiger partial charge in [-0.05, 0) is 37.0 Å². The zero-order valence-electron chi connectivity index (χ0n) is 12.5. The molecule has 0 aromatic heterocycles. The Hall–Kier alpha value is -2.02. The van der Waals surface area contributed by atoms with Crippen molar-refractivity contribution < 1.29 is 4.92 Å². The van der Waals surface area contributed by atoms with Crippen LogP contribution in [0.3, 0.4) is 0 Å². The molecule has 1 saturated carbocycles. The number of nitro benzene ring substituents is 1. The number of benzene rings is 1. The van der Waals surface area contributed by atoms with Crippen molar-refractivity contribution in [2.24, 2.45) is 11.0 Å². The lowest BCUT2D eigenvalue weighted by Gasteiger charge is -2.30. The third kappa shape index (κ3) is 4.49. The maximum absolute atomic E-state index is 10.9. The Morgan fingerprint density at radius 3 is 2.86 bits per heavy atom. The predicted molar refractivity (Wildman–Crippen MR) is 91.0 cm³/mol. The minimum atomic E-state index is -0.429. The normalized spacial score (nSPS) is 21.5. The summed E-state index contributed by atoms with van der Waals surface area (Å²) in [7, 11) is 0. The number of thiocarbonyl (C=S) groups is 1. The topological polar surface area (TPSA) is 79.6 Å². The average Bonchev–Trinajstić information content (AvgIpc) is 2.50. The van der Waals surface area contributed by atoms with Crippen molar-refractivity contribution >= 4 is 29.2 Å². The Morgan fingerprint density at radius 2 is 2.14 bits per heavy atom. The number of hydrogen-bond acceptors (Lipinski definition) is 4. The number of para-hydroxylation sites is 1. The summed E-state index contributed by atoms with van der Waals surface area (Å²) in [5.41, 5.74) is 3.19. The highest BCUT2D eigenvalue weighted by atomic mass is 32.1. The number of nitro groups is 1. The zero-order chi connectivity index (χ0) is 15.9. The van der Waals surface area contributed by atoms with Gasteiger partial charge in [0, 0.05) is 12.1 Å². The van der Waals surface area contributed by atoms with Gasteiger partial charge in [0.1, 0.15) is 0 Å². The van der Waals surface area contributed by atoms with Gasteiger partial charge in [0.15, 0.2) is 5.11 Å². The molecular weight excluding hydrogens is 300 g/mol. The molecule has 2 atom stereocenters. The SMILES string of the molecule is C[C@H]1CCCC[C@@H]1NC(=S)N/N=C\c1ccccc1[N+](=O)[O-]. The highest BCUT2D eigenvalue weighted by Gasteiger charge is 2.21. The molecule has 0 unspecified atom stereocenters. The van der Waals surface area contributed by atoms with Gasteiger partial charge in [0.2, 0.25) is 0 Å².